The van der Waals surface area contributed by atoms with Gasteiger partial charge in [-0.2, -0.15) is 0 Å². The average Bonchev–Trinajstić information content (AvgIpc) is 3.06. The van der Waals surface area contributed by atoms with Crippen LogP contribution in [0.4, 0.5) is 0 Å². The van der Waals surface area contributed by atoms with Crippen molar-refractivity contribution in [3.05, 3.63) is 42.2 Å². The zero-order chi connectivity index (χ0) is 15.7. The highest BCUT2D eigenvalue weighted by molar-refractivity contribution is 8.00. The summed E-state index contributed by atoms with van der Waals surface area (Å²) in [6, 6.07) is 8.32. The number of rotatable bonds is 4. The molecule has 2 atom stereocenters. The Morgan fingerprint density at radius 1 is 1.36 bits per heavy atom. The number of carbonyl (C=O) groups is 1. The number of para-hydroxylation sites is 1. The summed E-state index contributed by atoms with van der Waals surface area (Å²) in [7, 11) is 0. The standard InChI is InChI=1S/C17H20N2O2S/c1-11(2)13-6-4-5-7-14(13)19-9-8-18-17(19)22-15-10-12(3)21-16(15)20/h4-9,11-12,15H,10H2,1-3H3. The molecule has 1 aromatic carbocycles. The summed E-state index contributed by atoms with van der Waals surface area (Å²) in [5.41, 5.74) is 2.39. The molecule has 2 aromatic rings. The van der Waals surface area contributed by atoms with Crippen molar-refractivity contribution in [1.29, 1.82) is 0 Å². The van der Waals surface area contributed by atoms with Gasteiger partial charge in [0.2, 0.25) is 0 Å². The Morgan fingerprint density at radius 3 is 2.82 bits per heavy atom. The number of nitrogens with zero attached hydrogens (tertiary/aromatic N) is 2. The third-order valence-electron chi connectivity index (χ3n) is 3.80. The van der Waals surface area contributed by atoms with Crippen molar-refractivity contribution in [3.8, 4) is 5.69 Å². The summed E-state index contributed by atoms with van der Waals surface area (Å²) in [5.74, 6) is 0.289. The van der Waals surface area contributed by atoms with Crippen LogP contribution in [0.25, 0.3) is 5.69 Å². The fourth-order valence-corrected chi connectivity index (χ4v) is 3.87. The van der Waals surface area contributed by atoms with Crippen molar-refractivity contribution >= 4 is 17.7 Å². The Labute approximate surface area is 134 Å². The molecule has 4 nitrogen and oxygen atoms in total. The number of benzene rings is 1. The first-order valence-electron chi connectivity index (χ1n) is 7.56. The van der Waals surface area contributed by atoms with Crippen LogP contribution in [0.15, 0.2) is 41.8 Å². The Balaban J connectivity index is 1.91. The Bertz CT molecular complexity index is 681. The number of aromatic nitrogens is 2. The molecule has 1 aromatic heterocycles. The number of imidazole rings is 1. The Morgan fingerprint density at radius 2 is 2.14 bits per heavy atom. The lowest BCUT2D eigenvalue weighted by Gasteiger charge is -2.15. The predicted molar refractivity (Wildman–Crippen MR) is 87.5 cm³/mol. The van der Waals surface area contributed by atoms with Gasteiger partial charge in [0.15, 0.2) is 5.16 Å². The van der Waals surface area contributed by atoms with Crippen molar-refractivity contribution < 1.29 is 9.53 Å². The van der Waals surface area contributed by atoms with Crippen LogP contribution in [0.2, 0.25) is 0 Å². The maximum Gasteiger partial charge on any atom is 0.319 e. The summed E-state index contributed by atoms with van der Waals surface area (Å²) in [5, 5.41) is 0.673. The number of cyclic esters (lactones) is 1. The molecule has 0 aliphatic carbocycles. The van der Waals surface area contributed by atoms with Crippen LogP contribution in [-0.2, 0) is 9.53 Å². The fraction of sp³-hybridized carbons (Fsp3) is 0.412. The molecule has 0 saturated carbocycles. The van der Waals surface area contributed by atoms with E-state index in [1.54, 1.807) is 6.20 Å². The zero-order valence-electron chi connectivity index (χ0n) is 13.0. The van der Waals surface area contributed by atoms with E-state index in [1.807, 2.05) is 19.2 Å². The van der Waals surface area contributed by atoms with Gasteiger partial charge in [0.25, 0.3) is 0 Å². The number of thioether (sulfide) groups is 1. The maximum absolute atomic E-state index is 11.9. The van der Waals surface area contributed by atoms with Gasteiger partial charge in [0.1, 0.15) is 11.4 Å². The second-order valence-corrected chi connectivity index (χ2v) is 7.05. The van der Waals surface area contributed by atoms with Crippen LogP contribution < -0.4 is 0 Å². The molecular weight excluding hydrogens is 296 g/mol. The van der Waals surface area contributed by atoms with Crippen molar-refractivity contribution in [2.45, 2.75) is 49.6 Å². The number of hydrogen-bond acceptors (Lipinski definition) is 4. The summed E-state index contributed by atoms with van der Waals surface area (Å²) < 4.78 is 7.30. The predicted octanol–water partition coefficient (Wildman–Crippen LogP) is 3.79. The van der Waals surface area contributed by atoms with E-state index in [1.165, 1.54) is 17.3 Å². The van der Waals surface area contributed by atoms with E-state index >= 15 is 0 Å². The fourth-order valence-electron chi connectivity index (χ4n) is 2.70. The highest BCUT2D eigenvalue weighted by Crippen LogP contribution is 2.33. The van der Waals surface area contributed by atoms with Gasteiger partial charge in [0, 0.05) is 18.8 Å². The lowest BCUT2D eigenvalue weighted by Crippen LogP contribution is -2.11. The van der Waals surface area contributed by atoms with Crippen LogP contribution in [0.3, 0.4) is 0 Å². The highest BCUT2D eigenvalue weighted by Gasteiger charge is 2.33. The minimum Gasteiger partial charge on any atom is -0.462 e. The average molecular weight is 316 g/mol. The third-order valence-corrected chi connectivity index (χ3v) is 4.98. The minimum absolute atomic E-state index is 0.00337. The Kier molecular flexibility index (Phi) is 4.25. The van der Waals surface area contributed by atoms with Gasteiger partial charge in [-0.15, -0.1) is 0 Å². The summed E-state index contributed by atoms with van der Waals surface area (Å²) >= 11 is 1.49. The normalized spacial score (nSPS) is 21.4. The minimum atomic E-state index is -0.164. The first kappa shape index (κ1) is 15.2. The van der Waals surface area contributed by atoms with E-state index in [-0.39, 0.29) is 17.3 Å². The molecule has 2 heterocycles. The topological polar surface area (TPSA) is 44.1 Å². The number of carbonyl (C=O) groups excluding carboxylic acids is 1. The van der Waals surface area contributed by atoms with E-state index in [2.05, 4.69) is 41.6 Å². The molecule has 0 spiro atoms. The number of esters is 1. The third kappa shape index (κ3) is 2.90. The van der Waals surface area contributed by atoms with E-state index in [0.717, 1.165) is 17.3 Å². The lowest BCUT2D eigenvalue weighted by atomic mass is 10.0. The molecule has 1 aliphatic heterocycles. The first-order chi connectivity index (χ1) is 10.6. The SMILES string of the molecule is CC1CC(Sc2nccn2-c2ccccc2C(C)C)C(=O)O1. The smallest absolute Gasteiger partial charge is 0.319 e. The molecule has 5 heteroatoms. The summed E-state index contributed by atoms with van der Waals surface area (Å²) in [6.07, 6.45) is 4.47. The van der Waals surface area contributed by atoms with Gasteiger partial charge in [-0.05, 0) is 24.5 Å². The molecule has 0 N–H and O–H groups in total. The first-order valence-corrected chi connectivity index (χ1v) is 8.44. The summed E-state index contributed by atoms with van der Waals surface area (Å²) in [4.78, 5) is 16.3. The van der Waals surface area contributed by atoms with Crippen molar-refractivity contribution in [2.24, 2.45) is 0 Å². The van der Waals surface area contributed by atoms with Crippen LogP contribution >= 0.6 is 11.8 Å². The van der Waals surface area contributed by atoms with Crippen molar-refractivity contribution in [1.82, 2.24) is 9.55 Å². The van der Waals surface area contributed by atoms with E-state index in [4.69, 9.17) is 4.74 Å². The Hall–Kier alpha value is -1.75. The molecule has 22 heavy (non-hydrogen) atoms. The second-order valence-electron chi connectivity index (χ2n) is 5.88. The molecule has 2 unspecified atom stereocenters. The molecular formula is C17H20N2O2S. The highest BCUT2D eigenvalue weighted by atomic mass is 32.2. The van der Waals surface area contributed by atoms with E-state index < -0.39 is 0 Å². The molecule has 1 saturated heterocycles. The van der Waals surface area contributed by atoms with Gasteiger partial charge in [0.05, 0.1) is 5.69 Å². The lowest BCUT2D eigenvalue weighted by molar-refractivity contribution is -0.140. The molecule has 0 amide bonds. The quantitative estimate of drug-likeness (QED) is 0.805. The zero-order valence-corrected chi connectivity index (χ0v) is 13.8. The monoisotopic (exact) mass is 316 g/mol. The molecule has 0 bridgehead atoms. The van der Waals surface area contributed by atoms with E-state index in [9.17, 15) is 4.79 Å². The van der Waals surface area contributed by atoms with Crippen LogP contribution in [-0.4, -0.2) is 26.9 Å². The second kappa shape index (κ2) is 6.16. The number of ether oxygens (including phenoxy) is 1. The maximum atomic E-state index is 11.9. The van der Waals surface area contributed by atoms with Gasteiger partial charge in [-0.3, -0.25) is 9.36 Å². The largest absolute Gasteiger partial charge is 0.462 e. The van der Waals surface area contributed by atoms with Gasteiger partial charge in [-0.25, -0.2) is 4.98 Å². The van der Waals surface area contributed by atoms with Crippen molar-refractivity contribution in [3.63, 3.8) is 0 Å². The van der Waals surface area contributed by atoms with Crippen LogP contribution in [0.1, 0.15) is 38.7 Å². The van der Waals surface area contributed by atoms with E-state index in [0.29, 0.717) is 5.92 Å². The van der Waals surface area contributed by atoms with Gasteiger partial charge < -0.3 is 4.74 Å². The molecule has 1 aliphatic rings. The molecule has 0 radical (unpaired) electrons. The number of hydrogen-bond donors (Lipinski definition) is 0. The van der Waals surface area contributed by atoms with Crippen LogP contribution in [0.5, 0.6) is 0 Å². The molecule has 116 valence electrons. The summed E-state index contributed by atoms with van der Waals surface area (Å²) in [6.45, 7) is 6.29. The molecule has 3 rings (SSSR count). The molecule has 1 fully saturated rings. The van der Waals surface area contributed by atoms with Gasteiger partial charge in [-0.1, -0.05) is 43.8 Å². The van der Waals surface area contributed by atoms with Gasteiger partial charge >= 0.3 is 5.97 Å². The van der Waals surface area contributed by atoms with Crippen molar-refractivity contribution in [2.75, 3.05) is 0 Å². The van der Waals surface area contributed by atoms with Crippen LogP contribution in [0, 0.1) is 0 Å².